The van der Waals surface area contributed by atoms with Gasteiger partial charge in [0.05, 0.1) is 5.60 Å². The lowest BCUT2D eigenvalue weighted by Gasteiger charge is -2.19. The van der Waals surface area contributed by atoms with E-state index in [1.54, 1.807) is 6.92 Å². The van der Waals surface area contributed by atoms with Gasteiger partial charge in [-0.25, -0.2) is 0 Å². The maximum Gasteiger partial charge on any atom is 0.0742 e. The van der Waals surface area contributed by atoms with E-state index in [0.717, 1.165) is 0 Å². The maximum absolute atomic E-state index is 9.22. The van der Waals surface area contributed by atoms with Crippen molar-refractivity contribution in [2.75, 3.05) is 13.2 Å². The summed E-state index contributed by atoms with van der Waals surface area (Å²) < 4.78 is 0. The molecule has 0 aliphatic carbocycles. The van der Waals surface area contributed by atoms with Crippen LogP contribution in [0, 0.1) is 0 Å². The van der Waals surface area contributed by atoms with Crippen LogP contribution in [-0.2, 0) is 0 Å². The molecule has 0 aromatic rings. The van der Waals surface area contributed by atoms with Gasteiger partial charge in [-0.1, -0.05) is 0 Å². The van der Waals surface area contributed by atoms with Gasteiger partial charge < -0.3 is 15.9 Å². The highest BCUT2D eigenvalue weighted by Gasteiger charge is 2.16. The summed E-state index contributed by atoms with van der Waals surface area (Å²) in [7, 11) is 0. The largest absolute Gasteiger partial charge is 0.396 e. The predicted molar refractivity (Wildman–Crippen MR) is 36.0 cm³/mol. The van der Waals surface area contributed by atoms with Crippen LogP contribution in [-0.4, -0.2) is 29.0 Å². The van der Waals surface area contributed by atoms with Gasteiger partial charge in [-0.2, -0.15) is 0 Å². The highest BCUT2D eigenvalue weighted by atomic mass is 16.3. The first-order chi connectivity index (χ1) is 4.12. The zero-order valence-corrected chi connectivity index (χ0v) is 5.80. The van der Waals surface area contributed by atoms with Crippen molar-refractivity contribution in [1.82, 2.24) is 0 Å². The lowest BCUT2D eigenvalue weighted by molar-refractivity contribution is 0.0524. The fourth-order valence-electron chi connectivity index (χ4n) is 0.562. The second-order valence-electron chi connectivity index (χ2n) is 2.53. The molecule has 3 nitrogen and oxygen atoms in total. The summed E-state index contributed by atoms with van der Waals surface area (Å²) >= 11 is 0. The zero-order chi connectivity index (χ0) is 7.33. The second kappa shape index (κ2) is 3.82. The molecular formula is C6H15NO2. The van der Waals surface area contributed by atoms with E-state index in [0.29, 0.717) is 12.8 Å². The molecule has 9 heavy (non-hydrogen) atoms. The molecule has 0 rings (SSSR count). The molecule has 0 aliphatic rings. The first-order valence-corrected chi connectivity index (χ1v) is 3.16. The van der Waals surface area contributed by atoms with Crippen molar-refractivity contribution >= 4 is 0 Å². The molecule has 0 spiro atoms. The van der Waals surface area contributed by atoms with Crippen LogP contribution in [0.1, 0.15) is 19.8 Å². The van der Waals surface area contributed by atoms with Crippen LogP contribution in [0.4, 0.5) is 0 Å². The highest BCUT2D eigenvalue weighted by Crippen LogP contribution is 2.08. The third-order valence-electron chi connectivity index (χ3n) is 1.31. The Morgan fingerprint density at radius 2 is 2.11 bits per heavy atom. The van der Waals surface area contributed by atoms with Crippen LogP contribution in [0.2, 0.25) is 0 Å². The SMILES string of the molecule is CC(O)(CN)CCCO. The summed E-state index contributed by atoms with van der Waals surface area (Å²) in [5.74, 6) is 0. The lowest BCUT2D eigenvalue weighted by Crippen LogP contribution is -2.34. The molecule has 0 fully saturated rings. The Kier molecular flexibility index (Phi) is 3.77. The lowest BCUT2D eigenvalue weighted by atomic mass is 10.0. The van der Waals surface area contributed by atoms with E-state index < -0.39 is 5.60 Å². The molecule has 0 aliphatic heterocycles. The zero-order valence-electron chi connectivity index (χ0n) is 5.80. The van der Waals surface area contributed by atoms with E-state index in [1.807, 2.05) is 0 Å². The monoisotopic (exact) mass is 133 g/mol. The first kappa shape index (κ1) is 8.88. The van der Waals surface area contributed by atoms with Crippen LogP contribution in [0.5, 0.6) is 0 Å². The number of aliphatic hydroxyl groups is 2. The molecular weight excluding hydrogens is 118 g/mol. The summed E-state index contributed by atoms with van der Waals surface area (Å²) in [5, 5.41) is 17.6. The molecule has 56 valence electrons. The third kappa shape index (κ3) is 4.39. The summed E-state index contributed by atoms with van der Waals surface area (Å²) in [6.45, 7) is 2.05. The summed E-state index contributed by atoms with van der Waals surface area (Å²) in [5.41, 5.74) is 4.43. The topological polar surface area (TPSA) is 66.5 Å². The van der Waals surface area contributed by atoms with Crippen LogP contribution in [0.15, 0.2) is 0 Å². The van der Waals surface area contributed by atoms with Gasteiger partial charge in [0.1, 0.15) is 0 Å². The normalized spacial score (nSPS) is 17.3. The molecule has 0 radical (unpaired) electrons. The maximum atomic E-state index is 9.22. The van der Waals surface area contributed by atoms with Gasteiger partial charge in [0.25, 0.3) is 0 Å². The molecule has 1 unspecified atom stereocenters. The van der Waals surface area contributed by atoms with Crippen LogP contribution >= 0.6 is 0 Å². The molecule has 3 heteroatoms. The van der Waals surface area contributed by atoms with Crippen molar-refractivity contribution in [1.29, 1.82) is 0 Å². The van der Waals surface area contributed by atoms with E-state index >= 15 is 0 Å². The van der Waals surface area contributed by atoms with Crippen molar-refractivity contribution in [3.05, 3.63) is 0 Å². The molecule has 1 atom stereocenters. The minimum absolute atomic E-state index is 0.121. The van der Waals surface area contributed by atoms with Crippen molar-refractivity contribution in [2.45, 2.75) is 25.4 Å². The Bertz CT molecular complexity index is 73.5. The van der Waals surface area contributed by atoms with Gasteiger partial charge in [0.15, 0.2) is 0 Å². The van der Waals surface area contributed by atoms with Gasteiger partial charge >= 0.3 is 0 Å². The summed E-state index contributed by atoms with van der Waals surface area (Å²) in [6, 6.07) is 0. The van der Waals surface area contributed by atoms with E-state index in [9.17, 15) is 5.11 Å². The molecule has 0 saturated heterocycles. The van der Waals surface area contributed by atoms with Crippen molar-refractivity contribution in [2.24, 2.45) is 5.73 Å². The van der Waals surface area contributed by atoms with E-state index in [4.69, 9.17) is 10.8 Å². The van der Waals surface area contributed by atoms with Crippen LogP contribution in [0.25, 0.3) is 0 Å². The number of rotatable bonds is 4. The minimum Gasteiger partial charge on any atom is -0.396 e. The van der Waals surface area contributed by atoms with E-state index in [1.165, 1.54) is 0 Å². The van der Waals surface area contributed by atoms with E-state index in [2.05, 4.69) is 0 Å². The van der Waals surface area contributed by atoms with Gasteiger partial charge in [-0.3, -0.25) is 0 Å². The Balaban J connectivity index is 3.33. The molecule has 0 heterocycles. The van der Waals surface area contributed by atoms with Crippen LogP contribution < -0.4 is 5.73 Å². The van der Waals surface area contributed by atoms with Crippen molar-refractivity contribution in [3.8, 4) is 0 Å². The first-order valence-electron chi connectivity index (χ1n) is 3.16. The van der Waals surface area contributed by atoms with Crippen molar-refractivity contribution in [3.63, 3.8) is 0 Å². The quantitative estimate of drug-likeness (QED) is 0.483. The highest BCUT2D eigenvalue weighted by molar-refractivity contribution is 4.72. The van der Waals surface area contributed by atoms with Gasteiger partial charge in [0, 0.05) is 13.2 Å². The number of aliphatic hydroxyl groups excluding tert-OH is 1. The van der Waals surface area contributed by atoms with Gasteiger partial charge in [0.2, 0.25) is 0 Å². The summed E-state index contributed by atoms with van der Waals surface area (Å²) in [4.78, 5) is 0. The second-order valence-corrected chi connectivity index (χ2v) is 2.53. The molecule has 4 N–H and O–H groups in total. The Morgan fingerprint density at radius 1 is 1.56 bits per heavy atom. The number of hydrogen-bond acceptors (Lipinski definition) is 3. The van der Waals surface area contributed by atoms with Crippen LogP contribution in [0.3, 0.4) is 0 Å². The average molecular weight is 133 g/mol. The predicted octanol–water partition coefficient (Wildman–Crippen LogP) is -0.531. The van der Waals surface area contributed by atoms with Gasteiger partial charge in [-0.15, -0.1) is 0 Å². The van der Waals surface area contributed by atoms with Gasteiger partial charge in [-0.05, 0) is 19.8 Å². The number of nitrogens with two attached hydrogens (primary N) is 1. The molecule has 0 saturated carbocycles. The minimum atomic E-state index is -0.789. The number of hydrogen-bond donors (Lipinski definition) is 3. The third-order valence-corrected chi connectivity index (χ3v) is 1.31. The fourth-order valence-corrected chi connectivity index (χ4v) is 0.562. The molecule has 0 aromatic carbocycles. The fraction of sp³-hybridized carbons (Fsp3) is 1.00. The Morgan fingerprint density at radius 3 is 2.44 bits per heavy atom. The molecule has 0 amide bonds. The van der Waals surface area contributed by atoms with E-state index in [-0.39, 0.29) is 13.2 Å². The molecule has 0 aromatic heterocycles. The Hall–Kier alpha value is -0.120. The van der Waals surface area contributed by atoms with Crippen molar-refractivity contribution < 1.29 is 10.2 Å². The smallest absolute Gasteiger partial charge is 0.0742 e. The standard InChI is InChI=1S/C6H15NO2/c1-6(9,5-7)3-2-4-8/h8-9H,2-5,7H2,1H3. The summed E-state index contributed by atoms with van der Waals surface area (Å²) in [6.07, 6.45) is 1.18. The average Bonchev–Trinajstić information content (AvgIpc) is 1.84. The Labute approximate surface area is 55.5 Å². The molecule has 0 bridgehead atoms.